The summed E-state index contributed by atoms with van der Waals surface area (Å²) < 4.78 is 0. The summed E-state index contributed by atoms with van der Waals surface area (Å²) in [7, 11) is 0. The van der Waals surface area contributed by atoms with Crippen molar-refractivity contribution in [2.75, 3.05) is 9.80 Å². The molecule has 0 N–H and O–H groups in total. The van der Waals surface area contributed by atoms with Gasteiger partial charge in [0.2, 0.25) is 0 Å². The first-order valence-electron chi connectivity index (χ1n) is 18.4. The van der Waals surface area contributed by atoms with Gasteiger partial charge in [0.1, 0.15) is 0 Å². The summed E-state index contributed by atoms with van der Waals surface area (Å²) in [5.74, 6) is 0. The number of anilines is 6. The van der Waals surface area contributed by atoms with Crippen molar-refractivity contribution in [3.05, 3.63) is 228 Å². The first kappa shape index (κ1) is 32.0. The first-order chi connectivity index (χ1) is 27.2. The van der Waals surface area contributed by atoms with Crippen LogP contribution in [0.4, 0.5) is 34.1 Å². The molecule has 8 aromatic carbocycles. The van der Waals surface area contributed by atoms with E-state index >= 15 is 0 Å². The highest BCUT2D eigenvalue weighted by molar-refractivity contribution is 5.98. The molecule has 0 aromatic heterocycles. The maximum absolute atomic E-state index is 10.3. The Balaban J connectivity index is 1.30. The van der Waals surface area contributed by atoms with Crippen LogP contribution in [-0.2, 0) is 5.41 Å². The van der Waals surface area contributed by atoms with Gasteiger partial charge in [-0.25, -0.2) is 0 Å². The summed E-state index contributed by atoms with van der Waals surface area (Å²) >= 11 is 0. The molecule has 0 unspecified atom stereocenters. The second kappa shape index (κ2) is 12.8. The zero-order valence-corrected chi connectivity index (χ0v) is 29.8. The molecular weight excluding hydrogens is 669 g/mol. The normalized spacial score (nSPS) is 12.5. The number of para-hydroxylation sites is 4. The molecule has 4 nitrogen and oxygen atoms in total. The van der Waals surface area contributed by atoms with E-state index in [-0.39, 0.29) is 0 Å². The number of nitriles is 2. The number of hydrogen-bond acceptors (Lipinski definition) is 4. The molecule has 0 saturated heterocycles. The average molecular weight is 701 g/mol. The summed E-state index contributed by atoms with van der Waals surface area (Å²) in [4.78, 5) is 4.59. The molecule has 0 heterocycles. The van der Waals surface area contributed by atoms with E-state index in [9.17, 15) is 10.5 Å². The van der Waals surface area contributed by atoms with Gasteiger partial charge >= 0.3 is 0 Å². The van der Waals surface area contributed by atoms with Crippen LogP contribution >= 0.6 is 0 Å². The van der Waals surface area contributed by atoms with Crippen molar-refractivity contribution in [2.24, 2.45) is 0 Å². The molecule has 0 radical (unpaired) electrons. The monoisotopic (exact) mass is 700 g/mol. The van der Waals surface area contributed by atoms with Gasteiger partial charge in [0.05, 0.1) is 28.7 Å². The fraction of sp³-hybridized carbons (Fsp3) is 0.0196. The number of rotatable bonds is 6. The SMILES string of the molecule is N#Cc1ccc2c(c1)C1(c3cc(C#N)ccc3-2)c2cc(N(c3ccccc3)c3ccccc3)ccc2-c2ccc(N(c3ccccc3)c3ccccc3)cc21. The van der Waals surface area contributed by atoms with Gasteiger partial charge in [-0.05, 0) is 142 Å². The van der Waals surface area contributed by atoms with E-state index in [2.05, 4.69) is 180 Å². The molecule has 0 amide bonds. The minimum absolute atomic E-state index is 0.596. The molecule has 256 valence electrons. The third-order valence-electron chi connectivity index (χ3n) is 11.1. The lowest BCUT2D eigenvalue weighted by molar-refractivity contribution is 0.792. The standard InChI is InChI=1S/C51H32N4/c52-33-35-21-25-43-44-26-22-36(34-53)30-48(44)51(47(43)29-35)49-31-41(54(37-13-5-1-6-14-37)38-15-7-2-8-16-38)23-27-45(49)46-28-24-42(32-50(46)51)55(39-17-9-3-10-18-39)40-19-11-4-12-20-40/h1-32H. The van der Waals surface area contributed by atoms with Crippen LogP contribution in [0.15, 0.2) is 194 Å². The number of benzene rings is 8. The number of fused-ring (bicyclic) bond motifs is 10. The highest BCUT2D eigenvalue weighted by Gasteiger charge is 2.52. The smallest absolute Gasteiger partial charge is 0.0991 e. The van der Waals surface area contributed by atoms with Crippen LogP contribution in [0.1, 0.15) is 33.4 Å². The van der Waals surface area contributed by atoms with E-state index in [0.29, 0.717) is 11.1 Å². The Morgan fingerprint density at radius 1 is 0.309 bits per heavy atom. The highest BCUT2D eigenvalue weighted by Crippen LogP contribution is 2.64. The predicted octanol–water partition coefficient (Wildman–Crippen LogP) is 12.7. The third-order valence-corrected chi connectivity index (χ3v) is 11.1. The highest BCUT2D eigenvalue weighted by atomic mass is 15.1. The zero-order chi connectivity index (χ0) is 36.9. The van der Waals surface area contributed by atoms with Crippen LogP contribution in [0.25, 0.3) is 22.3 Å². The molecular formula is C51H32N4. The van der Waals surface area contributed by atoms with E-state index in [4.69, 9.17) is 0 Å². The van der Waals surface area contributed by atoms with E-state index in [0.717, 1.165) is 78.6 Å². The van der Waals surface area contributed by atoms with Crippen LogP contribution in [-0.4, -0.2) is 0 Å². The van der Waals surface area contributed by atoms with Crippen molar-refractivity contribution < 1.29 is 0 Å². The van der Waals surface area contributed by atoms with Gasteiger partial charge in [0.15, 0.2) is 0 Å². The van der Waals surface area contributed by atoms with Gasteiger partial charge in [-0.3, -0.25) is 0 Å². The molecule has 0 atom stereocenters. The first-order valence-corrected chi connectivity index (χ1v) is 18.4. The molecule has 0 saturated carbocycles. The van der Waals surface area contributed by atoms with E-state index < -0.39 is 5.41 Å². The van der Waals surface area contributed by atoms with Gasteiger partial charge in [-0.15, -0.1) is 0 Å². The second-order valence-corrected chi connectivity index (χ2v) is 14.0. The number of hydrogen-bond donors (Lipinski definition) is 0. The van der Waals surface area contributed by atoms with Crippen LogP contribution in [0.5, 0.6) is 0 Å². The Morgan fingerprint density at radius 3 is 0.909 bits per heavy atom. The lowest BCUT2D eigenvalue weighted by Gasteiger charge is -2.33. The topological polar surface area (TPSA) is 54.1 Å². The molecule has 2 aliphatic rings. The largest absolute Gasteiger partial charge is 0.310 e. The Hall–Kier alpha value is -7.66. The molecule has 10 rings (SSSR count). The summed E-state index contributed by atoms with van der Waals surface area (Å²) in [5, 5.41) is 20.6. The van der Waals surface area contributed by atoms with Crippen molar-refractivity contribution in [1.29, 1.82) is 10.5 Å². The summed E-state index contributed by atoms with van der Waals surface area (Å²) in [6.45, 7) is 0. The van der Waals surface area contributed by atoms with E-state index in [1.807, 2.05) is 36.4 Å². The fourth-order valence-corrected chi connectivity index (χ4v) is 8.82. The van der Waals surface area contributed by atoms with Crippen LogP contribution in [0, 0.1) is 22.7 Å². The van der Waals surface area contributed by atoms with Crippen molar-refractivity contribution in [1.82, 2.24) is 0 Å². The molecule has 8 aromatic rings. The molecule has 4 heteroatoms. The van der Waals surface area contributed by atoms with Crippen LogP contribution in [0.2, 0.25) is 0 Å². The lowest BCUT2D eigenvalue weighted by Crippen LogP contribution is -2.27. The molecule has 55 heavy (non-hydrogen) atoms. The van der Waals surface area contributed by atoms with Gasteiger partial charge in [0, 0.05) is 34.1 Å². The van der Waals surface area contributed by atoms with E-state index in [1.165, 1.54) is 0 Å². The van der Waals surface area contributed by atoms with Gasteiger partial charge in [-0.2, -0.15) is 10.5 Å². The third kappa shape index (κ3) is 4.90. The molecule has 0 bridgehead atoms. The predicted molar refractivity (Wildman–Crippen MR) is 222 cm³/mol. The number of nitrogens with zero attached hydrogens (tertiary/aromatic N) is 4. The Bertz CT molecular complexity index is 2560. The zero-order valence-electron chi connectivity index (χ0n) is 29.8. The second-order valence-electron chi connectivity index (χ2n) is 14.0. The molecule has 0 aliphatic heterocycles. The van der Waals surface area contributed by atoms with Crippen molar-refractivity contribution in [3.63, 3.8) is 0 Å². The van der Waals surface area contributed by atoms with Crippen LogP contribution in [0.3, 0.4) is 0 Å². The van der Waals surface area contributed by atoms with Gasteiger partial charge in [-0.1, -0.05) is 97.1 Å². The minimum Gasteiger partial charge on any atom is -0.310 e. The summed E-state index contributed by atoms with van der Waals surface area (Å²) in [5.41, 5.74) is 15.3. The summed E-state index contributed by atoms with van der Waals surface area (Å²) in [6.07, 6.45) is 0. The van der Waals surface area contributed by atoms with Crippen LogP contribution < -0.4 is 9.80 Å². The Kier molecular flexibility index (Phi) is 7.44. The van der Waals surface area contributed by atoms with Crippen molar-refractivity contribution in [3.8, 4) is 34.4 Å². The van der Waals surface area contributed by atoms with Gasteiger partial charge in [0.25, 0.3) is 0 Å². The van der Waals surface area contributed by atoms with E-state index in [1.54, 1.807) is 0 Å². The Morgan fingerprint density at radius 2 is 0.600 bits per heavy atom. The maximum atomic E-state index is 10.3. The van der Waals surface area contributed by atoms with Crippen molar-refractivity contribution in [2.45, 2.75) is 5.41 Å². The molecule has 1 spiro atoms. The minimum atomic E-state index is -0.820. The van der Waals surface area contributed by atoms with Crippen molar-refractivity contribution >= 4 is 34.1 Å². The average Bonchev–Trinajstić information content (AvgIpc) is 3.71. The molecule has 2 aliphatic carbocycles. The molecule has 0 fully saturated rings. The Labute approximate surface area is 320 Å². The lowest BCUT2D eigenvalue weighted by atomic mass is 9.70. The summed E-state index contributed by atoms with van der Waals surface area (Å²) in [6, 6.07) is 72.4. The fourth-order valence-electron chi connectivity index (χ4n) is 8.82. The quantitative estimate of drug-likeness (QED) is 0.173. The maximum Gasteiger partial charge on any atom is 0.0991 e. The van der Waals surface area contributed by atoms with Gasteiger partial charge < -0.3 is 9.80 Å².